The molecule has 35 heavy (non-hydrogen) atoms. The number of halogens is 1. The average Bonchev–Trinajstić information content (AvgIpc) is 2.89. The molecule has 0 spiro atoms. The summed E-state index contributed by atoms with van der Waals surface area (Å²) < 4.78 is 0. The number of aliphatic hydroxyl groups excluding tert-OH is 1. The zero-order valence-electron chi connectivity index (χ0n) is 20.5. The van der Waals surface area contributed by atoms with Crippen molar-refractivity contribution in [3.8, 4) is 0 Å². The first-order valence-electron chi connectivity index (χ1n) is 12.7. The zero-order valence-corrected chi connectivity index (χ0v) is 21.2. The number of likely N-dealkylation sites (tertiary alicyclic amines) is 2. The van der Waals surface area contributed by atoms with Crippen LogP contribution in [0.3, 0.4) is 0 Å². The molecule has 4 rings (SSSR count). The highest BCUT2D eigenvalue weighted by Gasteiger charge is 2.29. The fourth-order valence-electron chi connectivity index (χ4n) is 5.27. The van der Waals surface area contributed by atoms with Crippen LogP contribution in [-0.2, 0) is 6.42 Å². The van der Waals surface area contributed by atoms with E-state index in [1.54, 1.807) is 36.4 Å². The Hall–Kier alpha value is -2.41. The summed E-state index contributed by atoms with van der Waals surface area (Å²) in [5.41, 5.74) is 2.05. The number of hydrogen-bond donors (Lipinski definition) is 2. The van der Waals surface area contributed by atoms with Crippen molar-refractivity contribution < 1.29 is 14.7 Å². The zero-order chi connectivity index (χ0) is 24.8. The van der Waals surface area contributed by atoms with Crippen LogP contribution in [0.15, 0.2) is 48.5 Å². The third-order valence-corrected chi connectivity index (χ3v) is 7.55. The van der Waals surface area contributed by atoms with Gasteiger partial charge in [-0.25, -0.2) is 0 Å². The summed E-state index contributed by atoms with van der Waals surface area (Å²) in [7, 11) is 0. The van der Waals surface area contributed by atoms with Gasteiger partial charge in [-0.15, -0.1) is 0 Å². The van der Waals surface area contributed by atoms with Gasteiger partial charge in [0, 0.05) is 41.8 Å². The van der Waals surface area contributed by atoms with Crippen LogP contribution >= 0.6 is 11.6 Å². The van der Waals surface area contributed by atoms with Gasteiger partial charge in [0.1, 0.15) is 0 Å². The molecule has 2 heterocycles. The highest BCUT2D eigenvalue weighted by Crippen LogP contribution is 2.24. The van der Waals surface area contributed by atoms with Crippen LogP contribution in [0.4, 0.5) is 0 Å². The Kier molecular flexibility index (Phi) is 8.82. The minimum Gasteiger partial charge on any atom is -0.394 e. The fraction of sp³-hybridized carbons (Fsp3) is 0.500. The van der Waals surface area contributed by atoms with Crippen molar-refractivity contribution in [3.05, 3.63) is 70.2 Å². The van der Waals surface area contributed by atoms with Crippen LogP contribution in [-0.4, -0.2) is 71.6 Å². The molecular weight excluding hydrogens is 462 g/mol. The molecule has 2 aliphatic rings. The first-order chi connectivity index (χ1) is 16.9. The maximum absolute atomic E-state index is 13.0. The van der Waals surface area contributed by atoms with Gasteiger partial charge in [0.05, 0.1) is 12.6 Å². The van der Waals surface area contributed by atoms with Crippen molar-refractivity contribution >= 4 is 23.4 Å². The number of amides is 2. The molecule has 2 amide bonds. The smallest absolute Gasteiger partial charge is 0.253 e. The average molecular weight is 498 g/mol. The molecule has 0 aliphatic carbocycles. The summed E-state index contributed by atoms with van der Waals surface area (Å²) in [5, 5.41) is 13.2. The highest BCUT2D eigenvalue weighted by molar-refractivity contribution is 6.30. The third kappa shape index (κ3) is 6.84. The van der Waals surface area contributed by atoms with Gasteiger partial charge >= 0.3 is 0 Å². The number of carbonyl (C=O) groups excluding carboxylic acids is 2. The Morgan fingerprint density at radius 1 is 1.00 bits per heavy atom. The fourth-order valence-corrected chi connectivity index (χ4v) is 5.40. The topological polar surface area (TPSA) is 72.9 Å². The minimum atomic E-state index is -0.408. The minimum absolute atomic E-state index is 0.0263. The summed E-state index contributed by atoms with van der Waals surface area (Å²) in [6.45, 7) is 6.08. The van der Waals surface area contributed by atoms with Gasteiger partial charge < -0.3 is 15.3 Å². The summed E-state index contributed by atoms with van der Waals surface area (Å²) >= 11 is 5.93. The van der Waals surface area contributed by atoms with E-state index < -0.39 is 6.04 Å². The van der Waals surface area contributed by atoms with Crippen LogP contribution in [0.2, 0.25) is 5.02 Å². The van der Waals surface area contributed by atoms with E-state index in [0.717, 1.165) is 37.4 Å². The largest absolute Gasteiger partial charge is 0.394 e. The van der Waals surface area contributed by atoms with Crippen molar-refractivity contribution in [1.29, 1.82) is 0 Å². The maximum atomic E-state index is 13.0. The number of aliphatic hydroxyl groups is 1. The standard InChI is InChI=1S/C28H36ClN3O3/c1-20-3-2-14-32(18-20)26-12-15-31(16-13-26)28(35)23-8-6-22(7-9-23)27(34)30-25(19-33)17-21-4-10-24(29)11-5-21/h4-11,20,25-26,33H,2-3,12-19H2,1H3,(H,30,34). The predicted molar refractivity (Wildman–Crippen MR) is 139 cm³/mol. The van der Waals surface area contributed by atoms with E-state index >= 15 is 0 Å². The lowest BCUT2D eigenvalue weighted by Gasteiger charge is -2.41. The van der Waals surface area contributed by atoms with Gasteiger partial charge in [0.15, 0.2) is 0 Å². The van der Waals surface area contributed by atoms with Gasteiger partial charge in [-0.2, -0.15) is 0 Å². The second-order valence-electron chi connectivity index (χ2n) is 10.0. The highest BCUT2D eigenvalue weighted by atomic mass is 35.5. The molecule has 2 N–H and O–H groups in total. The predicted octanol–water partition coefficient (Wildman–Crippen LogP) is 4.01. The number of nitrogens with one attached hydrogen (secondary N) is 1. The summed E-state index contributed by atoms with van der Waals surface area (Å²) in [6, 6.07) is 14.3. The molecule has 0 bridgehead atoms. The second-order valence-corrected chi connectivity index (χ2v) is 10.5. The lowest BCUT2D eigenvalue weighted by atomic mass is 9.95. The Morgan fingerprint density at radius 2 is 1.66 bits per heavy atom. The SMILES string of the molecule is CC1CCCN(C2CCN(C(=O)c3ccc(C(=O)NC(CO)Cc4ccc(Cl)cc4)cc3)CC2)C1. The number of carbonyl (C=O) groups is 2. The molecule has 2 aliphatic heterocycles. The van der Waals surface area contributed by atoms with Crippen molar-refractivity contribution in [1.82, 2.24) is 15.1 Å². The van der Waals surface area contributed by atoms with Crippen LogP contribution < -0.4 is 5.32 Å². The Morgan fingerprint density at radius 3 is 2.29 bits per heavy atom. The van der Waals surface area contributed by atoms with Gasteiger partial charge in [-0.3, -0.25) is 14.5 Å². The molecule has 0 radical (unpaired) electrons. The van der Waals surface area contributed by atoms with Gasteiger partial charge in [-0.1, -0.05) is 30.7 Å². The number of benzene rings is 2. The molecule has 2 atom stereocenters. The molecule has 2 aromatic carbocycles. The van der Waals surface area contributed by atoms with E-state index in [1.807, 2.05) is 17.0 Å². The molecule has 2 aromatic rings. The summed E-state index contributed by atoms with van der Waals surface area (Å²) in [5.74, 6) is 0.524. The first-order valence-corrected chi connectivity index (χ1v) is 13.1. The maximum Gasteiger partial charge on any atom is 0.253 e. The van der Waals surface area contributed by atoms with E-state index in [4.69, 9.17) is 11.6 Å². The molecule has 188 valence electrons. The van der Waals surface area contributed by atoms with Crippen LogP contribution in [0.25, 0.3) is 0 Å². The molecule has 0 saturated carbocycles. The van der Waals surface area contributed by atoms with E-state index in [1.165, 1.54) is 25.9 Å². The normalized spacial score (nSPS) is 20.4. The molecule has 2 fully saturated rings. The second kappa shape index (κ2) is 12.0. The molecule has 2 saturated heterocycles. The molecule has 2 unspecified atom stereocenters. The molecular formula is C28H36ClN3O3. The van der Waals surface area contributed by atoms with E-state index in [9.17, 15) is 14.7 Å². The van der Waals surface area contributed by atoms with Crippen molar-refractivity contribution in [3.63, 3.8) is 0 Å². The van der Waals surface area contributed by atoms with Gasteiger partial charge in [0.25, 0.3) is 11.8 Å². The number of rotatable bonds is 7. The lowest BCUT2D eigenvalue weighted by molar-refractivity contribution is 0.0541. The lowest BCUT2D eigenvalue weighted by Crippen LogP contribution is -2.49. The van der Waals surface area contributed by atoms with E-state index in [0.29, 0.717) is 28.6 Å². The number of hydrogen-bond acceptors (Lipinski definition) is 4. The molecule has 6 nitrogen and oxygen atoms in total. The van der Waals surface area contributed by atoms with E-state index in [2.05, 4.69) is 17.1 Å². The molecule has 0 aromatic heterocycles. The van der Waals surface area contributed by atoms with Gasteiger partial charge in [-0.05, 0) is 86.5 Å². The summed E-state index contributed by atoms with van der Waals surface area (Å²) in [4.78, 5) is 30.3. The van der Waals surface area contributed by atoms with Crippen LogP contribution in [0.1, 0.15) is 58.9 Å². The Bertz CT molecular complexity index is 988. The van der Waals surface area contributed by atoms with Crippen LogP contribution in [0.5, 0.6) is 0 Å². The molecule has 7 heteroatoms. The van der Waals surface area contributed by atoms with Crippen LogP contribution in [0, 0.1) is 5.92 Å². The Balaban J connectivity index is 1.28. The monoisotopic (exact) mass is 497 g/mol. The number of piperidine rings is 2. The Labute approximate surface area is 213 Å². The summed E-state index contributed by atoms with van der Waals surface area (Å²) in [6.07, 6.45) is 5.15. The first kappa shape index (κ1) is 25.7. The van der Waals surface area contributed by atoms with Crippen molar-refractivity contribution in [2.75, 3.05) is 32.8 Å². The van der Waals surface area contributed by atoms with Crippen molar-refractivity contribution in [2.45, 2.75) is 51.1 Å². The van der Waals surface area contributed by atoms with Crippen molar-refractivity contribution in [2.24, 2.45) is 5.92 Å². The van der Waals surface area contributed by atoms with Gasteiger partial charge in [0.2, 0.25) is 0 Å². The van der Waals surface area contributed by atoms with E-state index in [-0.39, 0.29) is 18.4 Å². The third-order valence-electron chi connectivity index (χ3n) is 7.30. The number of nitrogens with zero attached hydrogens (tertiary/aromatic N) is 2. The quantitative estimate of drug-likeness (QED) is 0.606.